The average Bonchev–Trinajstić information content (AvgIpc) is 2.42. The number of amides is 1. The summed E-state index contributed by atoms with van der Waals surface area (Å²) in [6, 6.07) is 7.56. The predicted molar refractivity (Wildman–Crippen MR) is 68.1 cm³/mol. The summed E-state index contributed by atoms with van der Waals surface area (Å²) in [5.74, 6) is 0.437. The highest BCUT2D eigenvalue weighted by molar-refractivity contribution is 5.90. The molecule has 1 aromatic carbocycles. The molecule has 0 fully saturated rings. The van der Waals surface area contributed by atoms with Gasteiger partial charge in [0.05, 0.1) is 18.7 Å². The topological polar surface area (TPSA) is 87.1 Å². The van der Waals surface area contributed by atoms with Gasteiger partial charge >= 0.3 is 0 Å². The SMILES string of the molecule is O=C(CNc1ncnc2ccccc12)NCCO. The first kappa shape index (κ1) is 12.3. The van der Waals surface area contributed by atoms with E-state index in [4.69, 9.17) is 5.11 Å². The zero-order valence-electron chi connectivity index (χ0n) is 9.76. The van der Waals surface area contributed by atoms with Gasteiger partial charge < -0.3 is 15.7 Å². The molecule has 1 aromatic heterocycles. The number of carbonyl (C=O) groups is 1. The Morgan fingerprint density at radius 3 is 2.94 bits per heavy atom. The van der Waals surface area contributed by atoms with Gasteiger partial charge in [0.25, 0.3) is 0 Å². The van der Waals surface area contributed by atoms with E-state index in [0.29, 0.717) is 5.82 Å². The van der Waals surface area contributed by atoms with Crippen LogP contribution in [0.5, 0.6) is 0 Å². The fourth-order valence-corrected chi connectivity index (χ4v) is 1.57. The quantitative estimate of drug-likeness (QED) is 0.699. The third kappa shape index (κ3) is 2.92. The summed E-state index contributed by atoms with van der Waals surface area (Å²) in [7, 11) is 0. The van der Waals surface area contributed by atoms with E-state index < -0.39 is 0 Å². The number of carbonyl (C=O) groups excluding carboxylic acids is 1. The third-order valence-electron chi connectivity index (χ3n) is 2.39. The first-order chi connectivity index (χ1) is 8.81. The summed E-state index contributed by atoms with van der Waals surface area (Å²) in [6.07, 6.45) is 1.45. The molecule has 3 N–H and O–H groups in total. The van der Waals surface area contributed by atoms with Gasteiger partial charge in [-0.05, 0) is 12.1 Å². The van der Waals surface area contributed by atoms with E-state index in [1.165, 1.54) is 6.33 Å². The minimum atomic E-state index is -0.188. The van der Waals surface area contributed by atoms with Crippen LogP contribution in [-0.4, -0.2) is 40.7 Å². The Labute approximate surface area is 104 Å². The number of nitrogens with zero attached hydrogens (tertiary/aromatic N) is 2. The van der Waals surface area contributed by atoms with E-state index >= 15 is 0 Å². The zero-order chi connectivity index (χ0) is 12.8. The second kappa shape index (κ2) is 5.92. The minimum Gasteiger partial charge on any atom is -0.395 e. The van der Waals surface area contributed by atoms with Gasteiger partial charge in [0, 0.05) is 11.9 Å². The minimum absolute atomic E-state index is 0.0673. The Hall–Kier alpha value is -2.21. The maximum Gasteiger partial charge on any atom is 0.239 e. The lowest BCUT2D eigenvalue weighted by Crippen LogP contribution is -2.32. The van der Waals surface area contributed by atoms with Crippen LogP contribution in [0.3, 0.4) is 0 Å². The van der Waals surface area contributed by atoms with E-state index in [1.54, 1.807) is 0 Å². The Morgan fingerprint density at radius 2 is 2.11 bits per heavy atom. The van der Waals surface area contributed by atoms with E-state index in [1.807, 2.05) is 24.3 Å². The van der Waals surface area contributed by atoms with Crippen LogP contribution in [0.4, 0.5) is 5.82 Å². The lowest BCUT2D eigenvalue weighted by atomic mass is 10.2. The normalized spacial score (nSPS) is 10.3. The van der Waals surface area contributed by atoms with Crippen LogP contribution in [0.15, 0.2) is 30.6 Å². The van der Waals surface area contributed by atoms with E-state index in [2.05, 4.69) is 20.6 Å². The van der Waals surface area contributed by atoms with Crippen molar-refractivity contribution in [1.82, 2.24) is 15.3 Å². The average molecular weight is 246 g/mol. The summed E-state index contributed by atoms with van der Waals surface area (Å²) >= 11 is 0. The van der Waals surface area contributed by atoms with Crippen molar-refractivity contribution >= 4 is 22.6 Å². The standard InChI is InChI=1S/C12H14N4O2/c17-6-5-13-11(18)7-14-12-9-3-1-2-4-10(9)15-8-16-12/h1-4,8,17H,5-7H2,(H,13,18)(H,14,15,16). The molecule has 0 atom stereocenters. The predicted octanol–water partition coefficient (Wildman–Crippen LogP) is 0.150. The van der Waals surface area contributed by atoms with Crippen molar-refractivity contribution in [3.63, 3.8) is 0 Å². The second-order valence-electron chi connectivity index (χ2n) is 3.67. The van der Waals surface area contributed by atoms with Gasteiger partial charge in [0.1, 0.15) is 12.1 Å². The van der Waals surface area contributed by atoms with Crippen LogP contribution >= 0.6 is 0 Å². The molecule has 94 valence electrons. The number of rotatable bonds is 5. The molecule has 1 heterocycles. The van der Waals surface area contributed by atoms with Crippen LogP contribution in [0, 0.1) is 0 Å². The van der Waals surface area contributed by atoms with Crippen molar-refractivity contribution in [2.24, 2.45) is 0 Å². The van der Waals surface area contributed by atoms with E-state index in [0.717, 1.165) is 10.9 Å². The smallest absolute Gasteiger partial charge is 0.239 e. The number of hydrogen-bond acceptors (Lipinski definition) is 5. The molecule has 0 radical (unpaired) electrons. The molecule has 0 spiro atoms. The molecule has 2 rings (SSSR count). The van der Waals surface area contributed by atoms with Gasteiger partial charge in [0.2, 0.25) is 5.91 Å². The van der Waals surface area contributed by atoms with Crippen molar-refractivity contribution in [3.8, 4) is 0 Å². The van der Waals surface area contributed by atoms with Gasteiger partial charge in [-0.3, -0.25) is 4.79 Å². The first-order valence-corrected chi connectivity index (χ1v) is 5.62. The highest BCUT2D eigenvalue weighted by Gasteiger charge is 2.04. The van der Waals surface area contributed by atoms with Crippen LogP contribution < -0.4 is 10.6 Å². The number of aliphatic hydroxyl groups is 1. The molecule has 0 aliphatic carbocycles. The maximum absolute atomic E-state index is 11.4. The molecule has 2 aromatic rings. The molecular formula is C12H14N4O2. The highest BCUT2D eigenvalue weighted by Crippen LogP contribution is 2.17. The Kier molecular flexibility index (Phi) is 4.03. The van der Waals surface area contributed by atoms with E-state index in [9.17, 15) is 4.79 Å². The summed E-state index contributed by atoms with van der Waals surface area (Å²) in [5.41, 5.74) is 0.825. The molecular weight excluding hydrogens is 232 g/mol. The molecule has 1 amide bonds. The number of benzene rings is 1. The molecule has 0 unspecified atom stereocenters. The summed E-state index contributed by atoms with van der Waals surface area (Å²) in [6.45, 7) is 0.300. The van der Waals surface area contributed by atoms with Gasteiger partial charge in [-0.15, -0.1) is 0 Å². The number of aliphatic hydroxyl groups excluding tert-OH is 1. The fourth-order valence-electron chi connectivity index (χ4n) is 1.57. The molecule has 0 saturated heterocycles. The third-order valence-corrected chi connectivity index (χ3v) is 2.39. The van der Waals surface area contributed by atoms with E-state index in [-0.39, 0.29) is 25.6 Å². The van der Waals surface area contributed by atoms with Crippen molar-refractivity contribution in [1.29, 1.82) is 0 Å². The van der Waals surface area contributed by atoms with Crippen LogP contribution in [0.1, 0.15) is 0 Å². The second-order valence-corrected chi connectivity index (χ2v) is 3.67. The van der Waals surface area contributed by atoms with Crippen molar-refractivity contribution < 1.29 is 9.90 Å². The molecule has 0 aliphatic heterocycles. The fraction of sp³-hybridized carbons (Fsp3) is 0.250. The van der Waals surface area contributed by atoms with Crippen molar-refractivity contribution in [2.75, 3.05) is 25.0 Å². The summed E-state index contributed by atoms with van der Waals surface area (Å²) < 4.78 is 0. The Bertz CT molecular complexity index is 539. The van der Waals surface area contributed by atoms with Crippen LogP contribution in [0.2, 0.25) is 0 Å². The summed E-state index contributed by atoms with van der Waals surface area (Å²) in [4.78, 5) is 19.6. The molecule has 6 heteroatoms. The number of aromatic nitrogens is 2. The first-order valence-electron chi connectivity index (χ1n) is 5.62. The number of hydrogen-bond donors (Lipinski definition) is 3. The van der Waals surface area contributed by atoms with Crippen molar-refractivity contribution in [2.45, 2.75) is 0 Å². The molecule has 0 saturated carbocycles. The Morgan fingerprint density at radius 1 is 1.28 bits per heavy atom. The summed E-state index contributed by atoms with van der Waals surface area (Å²) in [5, 5.41) is 15.0. The van der Waals surface area contributed by atoms with Crippen molar-refractivity contribution in [3.05, 3.63) is 30.6 Å². The Balaban J connectivity index is 2.05. The van der Waals surface area contributed by atoms with Gasteiger partial charge in [-0.2, -0.15) is 0 Å². The number of anilines is 1. The highest BCUT2D eigenvalue weighted by atomic mass is 16.3. The van der Waals surface area contributed by atoms with Gasteiger partial charge in [-0.25, -0.2) is 9.97 Å². The molecule has 0 bridgehead atoms. The number of fused-ring (bicyclic) bond motifs is 1. The molecule has 18 heavy (non-hydrogen) atoms. The largest absolute Gasteiger partial charge is 0.395 e. The monoisotopic (exact) mass is 246 g/mol. The zero-order valence-corrected chi connectivity index (χ0v) is 9.76. The van der Waals surface area contributed by atoms with Gasteiger partial charge in [0.15, 0.2) is 0 Å². The van der Waals surface area contributed by atoms with Crippen LogP contribution in [-0.2, 0) is 4.79 Å². The lowest BCUT2D eigenvalue weighted by Gasteiger charge is -2.08. The van der Waals surface area contributed by atoms with Crippen LogP contribution in [0.25, 0.3) is 10.9 Å². The molecule has 6 nitrogen and oxygen atoms in total. The maximum atomic E-state index is 11.4. The number of nitrogens with one attached hydrogen (secondary N) is 2. The number of para-hydroxylation sites is 1. The molecule has 0 aliphatic rings. The van der Waals surface area contributed by atoms with Gasteiger partial charge in [-0.1, -0.05) is 12.1 Å². The lowest BCUT2D eigenvalue weighted by molar-refractivity contribution is -0.119.